The Morgan fingerprint density at radius 3 is 2.00 bits per heavy atom. The van der Waals surface area contributed by atoms with Crippen molar-refractivity contribution in [2.24, 2.45) is 5.73 Å². The van der Waals surface area contributed by atoms with Gasteiger partial charge in [-0.15, -0.1) is 12.4 Å². The van der Waals surface area contributed by atoms with Crippen molar-refractivity contribution in [2.45, 2.75) is 63.3 Å². The Labute approximate surface area is 178 Å². The molecule has 1 unspecified atom stereocenters. The van der Waals surface area contributed by atoms with Crippen LogP contribution < -0.4 is 11.1 Å². The van der Waals surface area contributed by atoms with Crippen LogP contribution in [0.25, 0.3) is 0 Å². The molecule has 0 fully saturated rings. The van der Waals surface area contributed by atoms with Gasteiger partial charge in [-0.05, 0) is 12.0 Å². The van der Waals surface area contributed by atoms with Crippen molar-refractivity contribution in [3.63, 3.8) is 0 Å². The van der Waals surface area contributed by atoms with Gasteiger partial charge in [0.1, 0.15) is 0 Å². The van der Waals surface area contributed by atoms with Gasteiger partial charge in [-0.1, -0.05) is 75.8 Å². The van der Waals surface area contributed by atoms with E-state index < -0.39 is 11.4 Å². The fourth-order valence-electron chi connectivity index (χ4n) is 3.98. The zero-order valence-corrected chi connectivity index (χ0v) is 19.0. The van der Waals surface area contributed by atoms with Crippen LogP contribution >= 0.6 is 12.4 Å². The van der Waals surface area contributed by atoms with Crippen molar-refractivity contribution in [1.29, 1.82) is 0 Å². The lowest BCUT2D eigenvalue weighted by Crippen LogP contribution is -2.60. The van der Waals surface area contributed by atoms with E-state index in [-0.39, 0.29) is 12.4 Å². The van der Waals surface area contributed by atoms with Crippen LogP contribution in [-0.2, 0) is 19.6 Å². The Balaban J connectivity index is 0.00000729. The predicted octanol–water partition coefficient (Wildman–Crippen LogP) is 4.24. The van der Waals surface area contributed by atoms with Crippen molar-refractivity contribution in [1.82, 2.24) is 5.32 Å². The van der Waals surface area contributed by atoms with Gasteiger partial charge in [0.25, 0.3) is 5.97 Å². The number of unbranched alkanes of at least 4 members (excludes halogenated alkanes) is 5. The predicted molar refractivity (Wildman–Crippen MR) is 119 cm³/mol. The van der Waals surface area contributed by atoms with Crippen LogP contribution in [-0.4, -0.2) is 46.9 Å². The van der Waals surface area contributed by atoms with E-state index in [1.54, 1.807) is 21.3 Å². The van der Waals surface area contributed by atoms with E-state index in [1.807, 2.05) is 6.07 Å². The summed E-state index contributed by atoms with van der Waals surface area (Å²) in [6.45, 7) is 4.23. The van der Waals surface area contributed by atoms with E-state index >= 15 is 0 Å². The number of methoxy groups -OCH3 is 3. The van der Waals surface area contributed by atoms with E-state index in [0.29, 0.717) is 13.1 Å². The zero-order chi connectivity index (χ0) is 20.0. The summed E-state index contributed by atoms with van der Waals surface area (Å²) in [7, 11) is 4.94. The van der Waals surface area contributed by atoms with Crippen molar-refractivity contribution in [3.05, 3.63) is 35.9 Å². The molecular weight excluding hydrogens is 376 g/mol. The lowest BCUT2D eigenvalue weighted by atomic mass is 9.73. The minimum atomic E-state index is -1.17. The molecule has 0 heterocycles. The molecule has 0 aliphatic rings. The van der Waals surface area contributed by atoms with Crippen LogP contribution in [0.5, 0.6) is 0 Å². The van der Waals surface area contributed by atoms with Gasteiger partial charge in [-0.3, -0.25) is 0 Å². The molecule has 0 bridgehead atoms. The average Bonchev–Trinajstić information content (AvgIpc) is 2.72. The highest BCUT2D eigenvalue weighted by Gasteiger charge is 2.54. The molecule has 1 rings (SSSR count). The number of nitrogens with two attached hydrogens (primary N) is 1. The van der Waals surface area contributed by atoms with E-state index in [1.165, 1.54) is 32.1 Å². The van der Waals surface area contributed by atoms with Gasteiger partial charge < -0.3 is 25.3 Å². The van der Waals surface area contributed by atoms with E-state index in [2.05, 4.69) is 36.5 Å². The second-order valence-corrected chi connectivity index (χ2v) is 7.10. The maximum Gasteiger partial charge on any atom is 0.293 e. The molecule has 28 heavy (non-hydrogen) atoms. The fourth-order valence-corrected chi connectivity index (χ4v) is 3.98. The molecule has 3 N–H and O–H groups in total. The second-order valence-electron chi connectivity index (χ2n) is 7.10. The number of hydrogen-bond acceptors (Lipinski definition) is 5. The molecular formula is C22H41ClN2O3. The van der Waals surface area contributed by atoms with Crippen LogP contribution in [0.4, 0.5) is 0 Å². The topological polar surface area (TPSA) is 65.7 Å². The molecule has 0 aliphatic heterocycles. The van der Waals surface area contributed by atoms with Gasteiger partial charge in [-0.2, -0.15) is 0 Å². The number of benzene rings is 1. The van der Waals surface area contributed by atoms with E-state index in [4.69, 9.17) is 19.9 Å². The minimum absolute atomic E-state index is 0. The number of ether oxygens (including phenoxy) is 3. The largest absolute Gasteiger partial charge is 0.330 e. The summed E-state index contributed by atoms with van der Waals surface area (Å²) in [5.41, 5.74) is 6.38. The molecule has 0 aliphatic carbocycles. The van der Waals surface area contributed by atoms with Crippen LogP contribution in [0.15, 0.2) is 30.3 Å². The standard InChI is InChI=1S/C22H40N2O3.ClH/c1-5-6-7-8-9-13-16-21(19-24-18-17-23,20-14-11-10-12-15-20)22(25-2,26-3)27-4;/h10-12,14-15,24H,5-9,13,16-19,23H2,1-4H3;1H. The highest BCUT2D eigenvalue weighted by atomic mass is 35.5. The van der Waals surface area contributed by atoms with Crippen molar-refractivity contribution in [3.8, 4) is 0 Å². The summed E-state index contributed by atoms with van der Waals surface area (Å²) in [4.78, 5) is 0. The van der Waals surface area contributed by atoms with Gasteiger partial charge in [0.2, 0.25) is 0 Å². The first-order valence-corrected chi connectivity index (χ1v) is 10.3. The first-order chi connectivity index (χ1) is 13.2. The first kappa shape index (κ1) is 27.3. The third kappa shape index (κ3) is 6.97. The molecule has 0 amide bonds. The highest BCUT2D eigenvalue weighted by Crippen LogP contribution is 2.43. The molecule has 0 radical (unpaired) electrons. The van der Waals surface area contributed by atoms with Crippen molar-refractivity contribution >= 4 is 12.4 Å². The Morgan fingerprint density at radius 2 is 1.46 bits per heavy atom. The number of nitrogens with one attached hydrogen (secondary N) is 1. The quantitative estimate of drug-likeness (QED) is 0.311. The number of halogens is 1. The third-order valence-electron chi connectivity index (χ3n) is 5.42. The molecule has 1 atom stereocenters. The van der Waals surface area contributed by atoms with Crippen LogP contribution in [0, 0.1) is 0 Å². The fraction of sp³-hybridized carbons (Fsp3) is 0.727. The van der Waals surface area contributed by atoms with Gasteiger partial charge in [0.15, 0.2) is 0 Å². The first-order valence-electron chi connectivity index (χ1n) is 10.3. The molecule has 6 heteroatoms. The average molecular weight is 417 g/mol. The van der Waals surface area contributed by atoms with Gasteiger partial charge in [0.05, 0.1) is 5.41 Å². The summed E-state index contributed by atoms with van der Waals surface area (Å²) < 4.78 is 17.6. The van der Waals surface area contributed by atoms with Crippen LogP contribution in [0.1, 0.15) is 57.4 Å². The summed E-state index contributed by atoms with van der Waals surface area (Å²) >= 11 is 0. The number of hydrogen-bond donors (Lipinski definition) is 2. The number of rotatable bonds is 16. The summed E-state index contributed by atoms with van der Waals surface area (Å²) in [5.74, 6) is -1.17. The minimum Gasteiger partial charge on any atom is -0.330 e. The summed E-state index contributed by atoms with van der Waals surface area (Å²) in [6.07, 6.45) is 8.30. The van der Waals surface area contributed by atoms with E-state index in [0.717, 1.165) is 24.9 Å². The third-order valence-corrected chi connectivity index (χ3v) is 5.42. The molecule has 0 saturated carbocycles. The molecule has 0 saturated heterocycles. The Bertz CT molecular complexity index is 478. The molecule has 1 aromatic rings. The molecule has 1 aromatic carbocycles. The zero-order valence-electron chi connectivity index (χ0n) is 18.2. The lowest BCUT2D eigenvalue weighted by Gasteiger charge is -2.47. The normalized spacial score (nSPS) is 13.8. The second kappa shape index (κ2) is 15.2. The van der Waals surface area contributed by atoms with Crippen LogP contribution in [0.3, 0.4) is 0 Å². The molecule has 0 aromatic heterocycles. The Kier molecular flexibility index (Phi) is 14.8. The van der Waals surface area contributed by atoms with E-state index in [9.17, 15) is 0 Å². The summed E-state index contributed by atoms with van der Waals surface area (Å²) in [5, 5.41) is 3.48. The highest BCUT2D eigenvalue weighted by molar-refractivity contribution is 5.85. The maximum atomic E-state index is 5.87. The molecule has 0 spiro atoms. The van der Waals surface area contributed by atoms with Gasteiger partial charge in [-0.25, -0.2) is 0 Å². The lowest BCUT2D eigenvalue weighted by molar-refractivity contribution is -0.388. The van der Waals surface area contributed by atoms with Gasteiger partial charge >= 0.3 is 0 Å². The summed E-state index contributed by atoms with van der Waals surface area (Å²) in [6, 6.07) is 10.4. The Morgan fingerprint density at radius 1 is 0.893 bits per heavy atom. The SMILES string of the molecule is CCCCCCCCC(CNCCN)(c1ccccc1)C(OC)(OC)OC.Cl. The van der Waals surface area contributed by atoms with Crippen LogP contribution in [0.2, 0.25) is 0 Å². The monoisotopic (exact) mass is 416 g/mol. The molecule has 5 nitrogen and oxygen atoms in total. The Hall–Kier alpha value is -0.690. The van der Waals surface area contributed by atoms with Gasteiger partial charge in [0, 0.05) is 41.0 Å². The van der Waals surface area contributed by atoms with Crippen molar-refractivity contribution < 1.29 is 14.2 Å². The maximum absolute atomic E-state index is 5.87. The molecule has 164 valence electrons. The smallest absolute Gasteiger partial charge is 0.293 e. The van der Waals surface area contributed by atoms with Crippen molar-refractivity contribution in [2.75, 3.05) is 41.0 Å².